The molecule has 3 aromatic carbocycles. The predicted octanol–water partition coefficient (Wildman–Crippen LogP) is 5.04. The summed E-state index contributed by atoms with van der Waals surface area (Å²) >= 11 is 0. The van der Waals surface area contributed by atoms with E-state index >= 15 is 0 Å². The molecular formula is C26H26O4. The van der Waals surface area contributed by atoms with Crippen molar-refractivity contribution in [1.29, 1.82) is 0 Å². The van der Waals surface area contributed by atoms with Crippen LogP contribution in [0.1, 0.15) is 61.3 Å². The monoisotopic (exact) mass is 402 g/mol. The molecule has 4 rings (SSSR count). The van der Waals surface area contributed by atoms with E-state index < -0.39 is 12.0 Å². The average Bonchev–Trinajstić information content (AvgIpc) is 2.81. The van der Waals surface area contributed by atoms with Crippen LogP contribution in [0.4, 0.5) is 0 Å². The highest BCUT2D eigenvalue weighted by atomic mass is 16.5. The molecule has 1 aliphatic rings. The van der Waals surface area contributed by atoms with Gasteiger partial charge in [-0.25, -0.2) is 0 Å². The maximum Gasteiger partial charge on any atom is 0.197 e. The number of rotatable bonds is 3. The van der Waals surface area contributed by atoms with Gasteiger partial charge >= 0.3 is 0 Å². The first kappa shape index (κ1) is 20.2. The van der Waals surface area contributed by atoms with Crippen molar-refractivity contribution in [3.8, 4) is 11.5 Å². The molecule has 0 saturated heterocycles. The molecule has 0 saturated carbocycles. The minimum Gasteiger partial charge on any atom is -0.497 e. The lowest BCUT2D eigenvalue weighted by Gasteiger charge is -2.26. The minimum absolute atomic E-state index is 0.160. The molecule has 154 valence electrons. The number of carbonyl (C=O) groups excluding carboxylic acids is 1. The van der Waals surface area contributed by atoms with Gasteiger partial charge in [-0.3, -0.25) is 4.79 Å². The summed E-state index contributed by atoms with van der Waals surface area (Å²) in [5.41, 5.74) is 6.27. The quantitative estimate of drug-likeness (QED) is 0.667. The number of hydrogen-bond donors (Lipinski definition) is 1. The lowest BCUT2D eigenvalue weighted by Crippen LogP contribution is -2.14. The molecule has 4 heteroatoms. The van der Waals surface area contributed by atoms with E-state index in [2.05, 4.69) is 0 Å². The third kappa shape index (κ3) is 3.17. The molecular weight excluding hydrogens is 376 g/mol. The van der Waals surface area contributed by atoms with Crippen molar-refractivity contribution in [3.05, 3.63) is 93.0 Å². The molecule has 0 unspecified atom stereocenters. The van der Waals surface area contributed by atoms with E-state index in [1.54, 1.807) is 20.3 Å². The lowest BCUT2D eigenvalue weighted by atomic mass is 9.81. The van der Waals surface area contributed by atoms with Crippen molar-refractivity contribution in [2.24, 2.45) is 0 Å². The van der Waals surface area contributed by atoms with Gasteiger partial charge in [-0.1, -0.05) is 35.9 Å². The van der Waals surface area contributed by atoms with Crippen LogP contribution in [0, 0.1) is 20.8 Å². The van der Waals surface area contributed by atoms with Gasteiger partial charge in [-0.15, -0.1) is 0 Å². The fraction of sp³-hybridized carbons (Fsp3) is 0.269. The second-order valence-electron chi connectivity index (χ2n) is 8.00. The van der Waals surface area contributed by atoms with Crippen LogP contribution >= 0.6 is 0 Å². The lowest BCUT2D eigenvalue weighted by molar-refractivity contribution is 0.103. The summed E-state index contributed by atoms with van der Waals surface area (Å²) in [6, 6.07) is 15.5. The Morgan fingerprint density at radius 1 is 0.867 bits per heavy atom. The third-order valence-electron chi connectivity index (χ3n) is 5.95. The van der Waals surface area contributed by atoms with Crippen LogP contribution in [0.15, 0.2) is 48.5 Å². The number of aliphatic hydroxyl groups is 1. The van der Waals surface area contributed by atoms with Gasteiger partial charge < -0.3 is 14.6 Å². The van der Waals surface area contributed by atoms with E-state index in [0.29, 0.717) is 28.2 Å². The summed E-state index contributed by atoms with van der Waals surface area (Å²) < 4.78 is 11.0. The van der Waals surface area contributed by atoms with Crippen LogP contribution < -0.4 is 9.47 Å². The smallest absolute Gasteiger partial charge is 0.197 e. The Balaban J connectivity index is 2.10. The molecule has 0 heterocycles. The highest BCUT2D eigenvalue weighted by Crippen LogP contribution is 2.47. The first-order chi connectivity index (χ1) is 14.3. The van der Waals surface area contributed by atoms with Crippen molar-refractivity contribution in [1.82, 2.24) is 0 Å². The van der Waals surface area contributed by atoms with Gasteiger partial charge in [0.15, 0.2) is 5.78 Å². The van der Waals surface area contributed by atoms with Gasteiger partial charge in [0, 0.05) is 11.5 Å². The van der Waals surface area contributed by atoms with Crippen LogP contribution in [0.3, 0.4) is 0 Å². The highest BCUT2D eigenvalue weighted by Gasteiger charge is 2.38. The standard InChI is InChI=1S/C26H26O4/c1-14-6-8-17(9-7-14)23-19-10-15(2)11-21(30-5)24(19)25(27)20-13-18(29-4)12-16(3)22(20)26(23)28/h6-13,23,26,28H,1-5H3/t23-,26-/m0/s1. The molecule has 0 aromatic heterocycles. The van der Waals surface area contributed by atoms with E-state index in [1.165, 1.54) is 0 Å². The zero-order chi connectivity index (χ0) is 21.6. The zero-order valence-electron chi connectivity index (χ0n) is 17.9. The topological polar surface area (TPSA) is 55.8 Å². The number of ketones is 1. The van der Waals surface area contributed by atoms with Crippen molar-refractivity contribution in [3.63, 3.8) is 0 Å². The van der Waals surface area contributed by atoms with Crippen molar-refractivity contribution in [2.45, 2.75) is 32.8 Å². The fourth-order valence-electron chi connectivity index (χ4n) is 4.50. The predicted molar refractivity (Wildman–Crippen MR) is 117 cm³/mol. The van der Waals surface area contributed by atoms with E-state index in [1.807, 2.05) is 63.2 Å². The summed E-state index contributed by atoms with van der Waals surface area (Å²) in [4.78, 5) is 13.8. The van der Waals surface area contributed by atoms with Crippen LogP contribution in [-0.2, 0) is 0 Å². The maximum absolute atomic E-state index is 13.8. The minimum atomic E-state index is -0.884. The Hall–Kier alpha value is -3.11. The molecule has 3 aromatic rings. The summed E-state index contributed by atoms with van der Waals surface area (Å²) in [5.74, 6) is 0.556. The molecule has 0 fully saturated rings. The molecule has 4 nitrogen and oxygen atoms in total. The normalized spacial score (nSPS) is 17.7. The molecule has 0 bridgehead atoms. The number of methoxy groups -OCH3 is 2. The van der Waals surface area contributed by atoms with Gasteiger partial charge in [0.05, 0.1) is 25.9 Å². The zero-order valence-corrected chi connectivity index (χ0v) is 17.9. The van der Waals surface area contributed by atoms with E-state index in [0.717, 1.165) is 27.8 Å². The number of carbonyl (C=O) groups is 1. The molecule has 2 atom stereocenters. The van der Waals surface area contributed by atoms with E-state index in [9.17, 15) is 9.90 Å². The Kier molecular flexibility index (Phi) is 5.12. The molecule has 0 aliphatic heterocycles. The number of benzene rings is 3. The fourth-order valence-corrected chi connectivity index (χ4v) is 4.50. The SMILES string of the molecule is COc1cc(C)c2c(c1)C(=O)c1c(OC)cc(C)cc1[C@H](c1ccc(C)cc1)[C@H]2O. The number of hydrogen-bond acceptors (Lipinski definition) is 4. The Labute approximate surface area is 177 Å². The molecule has 30 heavy (non-hydrogen) atoms. The van der Waals surface area contributed by atoms with Crippen molar-refractivity contribution < 1.29 is 19.4 Å². The van der Waals surface area contributed by atoms with Gasteiger partial charge in [-0.2, -0.15) is 0 Å². The number of aliphatic hydroxyl groups excluding tert-OH is 1. The first-order valence-corrected chi connectivity index (χ1v) is 10.0. The van der Waals surface area contributed by atoms with Crippen molar-refractivity contribution >= 4 is 5.78 Å². The second kappa shape index (κ2) is 7.62. The van der Waals surface area contributed by atoms with Gasteiger partial charge in [0.1, 0.15) is 11.5 Å². The van der Waals surface area contributed by atoms with E-state index in [4.69, 9.17) is 9.47 Å². The van der Waals surface area contributed by atoms with E-state index in [-0.39, 0.29) is 5.78 Å². The Bertz CT molecular complexity index is 1130. The molecule has 1 aliphatic carbocycles. The van der Waals surface area contributed by atoms with Crippen LogP contribution in [-0.4, -0.2) is 25.1 Å². The van der Waals surface area contributed by atoms with Crippen LogP contribution in [0.5, 0.6) is 11.5 Å². The molecule has 0 radical (unpaired) electrons. The number of aryl methyl sites for hydroxylation is 3. The number of fused-ring (bicyclic) bond motifs is 2. The highest BCUT2D eigenvalue weighted by molar-refractivity contribution is 6.14. The number of ether oxygens (including phenoxy) is 2. The summed E-state index contributed by atoms with van der Waals surface area (Å²) in [6.07, 6.45) is -0.884. The Morgan fingerprint density at radius 3 is 2.20 bits per heavy atom. The van der Waals surface area contributed by atoms with Crippen LogP contribution in [0.25, 0.3) is 0 Å². The summed E-state index contributed by atoms with van der Waals surface area (Å²) in [7, 11) is 3.15. The van der Waals surface area contributed by atoms with Crippen molar-refractivity contribution in [2.75, 3.05) is 14.2 Å². The maximum atomic E-state index is 13.8. The average molecular weight is 402 g/mol. The Morgan fingerprint density at radius 2 is 1.57 bits per heavy atom. The molecule has 1 N–H and O–H groups in total. The summed E-state index contributed by atoms with van der Waals surface area (Å²) in [5, 5.41) is 11.7. The largest absolute Gasteiger partial charge is 0.497 e. The van der Waals surface area contributed by atoms with Crippen LogP contribution in [0.2, 0.25) is 0 Å². The third-order valence-corrected chi connectivity index (χ3v) is 5.95. The molecule has 0 amide bonds. The van der Waals surface area contributed by atoms with Gasteiger partial charge in [-0.05, 0) is 66.8 Å². The van der Waals surface area contributed by atoms with Gasteiger partial charge in [0.25, 0.3) is 0 Å². The second-order valence-corrected chi connectivity index (χ2v) is 8.00. The molecule has 0 spiro atoms. The first-order valence-electron chi connectivity index (χ1n) is 10.0. The van der Waals surface area contributed by atoms with Gasteiger partial charge in [0.2, 0.25) is 0 Å². The summed E-state index contributed by atoms with van der Waals surface area (Å²) in [6.45, 7) is 5.91.